The first-order valence-electron chi connectivity index (χ1n) is 10.6. The van der Waals surface area contributed by atoms with E-state index in [-0.39, 0.29) is 24.7 Å². The van der Waals surface area contributed by atoms with Crippen molar-refractivity contribution in [3.63, 3.8) is 0 Å². The van der Waals surface area contributed by atoms with Crippen LogP contribution in [-0.2, 0) is 29.0 Å². The molecule has 0 fully saturated rings. The van der Waals surface area contributed by atoms with Crippen LogP contribution < -0.4 is 10.9 Å². The Labute approximate surface area is 188 Å². The summed E-state index contributed by atoms with van der Waals surface area (Å²) in [6.45, 7) is -0.129. The second-order valence-electron chi connectivity index (χ2n) is 7.80. The van der Waals surface area contributed by atoms with Crippen molar-refractivity contribution in [1.29, 1.82) is 0 Å². The summed E-state index contributed by atoms with van der Waals surface area (Å²) < 4.78 is 5.44. The summed E-state index contributed by atoms with van der Waals surface area (Å²) in [5.74, 6) is 0.0740. The van der Waals surface area contributed by atoms with Crippen LogP contribution in [0.5, 0.6) is 0 Å². The van der Waals surface area contributed by atoms with Crippen LogP contribution in [0.3, 0.4) is 0 Å². The molecule has 0 saturated heterocycles. The van der Waals surface area contributed by atoms with Crippen LogP contribution in [0.2, 0.25) is 0 Å². The van der Waals surface area contributed by atoms with E-state index in [2.05, 4.69) is 38.5 Å². The summed E-state index contributed by atoms with van der Waals surface area (Å²) in [4.78, 5) is 36.0. The molecule has 4 aromatic rings. The van der Waals surface area contributed by atoms with Crippen molar-refractivity contribution in [1.82, 2.24) is 15.0 Å². The van der Waals surface area contributed by atoms with Crippen molar-refractivity contribution in [2.24, 2.45) is 0 Å². The SMILES string of the molecule is O=C(COCc1nc2ccccc2c(=O)[nH]1)Nc1nc(-c2ccc3c(c2)CCCC3)cs1. The van der Waals surface area contributed by atoms with Gasteiger partial charge in [-0.2, -0.15) is 0 Å². The van der Waals surface area contributed by atoms with Crippen LogP contribution >= 0.6 is 11.3 Å². The highest BCUT2D eigenvalue weighted by atomic mass is 32.1. The van der Waals surface area contributed by atoms with Crippen LogP contribution in [0.25, 0.3) is 22.2 Å². The third-order valence-corrected chi connectivity index (χ3v) is 6.29. The minimum Gasteiger partial charge on any atom is -0.364 e. The average molecular weight is 447 g/mol. The summed E-state index contributed by atoms with van der Waals surface area (Å²) in [5.41, 5.74) is 5.14. The molecule has 1 aliphatic rings. The van der Waals surface area contributed by atoms with E-state index in [1.807, 2.05) is 11.4 Å². The molecule has 1 amide bonds. The quantitative estimate of drug-likeness (QED) is 0.465. The Hall–Kier alpha value is -3.36. The Morgan fingerprint density at radius 1 is 1.09 bits per heavy atom. The second-order valence-corrected chi connectivity index (χ2v) is 8.66. The average Bonchev–Trinajstić information content (AvgIpc) is 3.27. The lowest BCUT2D eigenvalue weighted by Crippen LogP contribution is -2.19. The fourth-order valence-electron chi connectivity index (χ4n) is 3.96. The van der Waals surface area contributed by atoms with E-state index in [1.165, 1.54) is 35.3 Å². The van der Waals surface area contributed by atoms with Gasteiger partial charge in [-0.1, -0.05) is 24.3 Å². The van der Waals surface area contributed by atoms with E-state index in [0.29, 0.717) is 21.9 Å². The third-order valence-electron chi connectivity index (χ3n) is 5.53. The first-order chi connectivity index (χ1) is 15.7. The molecule has 2 heterocycles. The van der Waals surface area contributed by atoms with Gasteiger partial charge in [0.2, 0.25) is 0 Å². The largest absolute Gasteiger partial charge is 0.364 e. The van der Waals surface area contributed by atoms with Gasteiger partial charge in [-0.15, -0.1) is 11.3 Å². The van der Waals surface area contributed by atoms with Gasteiger partial charge in [-0.05, 0) is 55.0 Å². The number of H-pyrrole nitrogens is 1. The van der Waals surface area contributed by atoms with E-state index in [4.69, 9.17) is 4.74 Å². The summed E-state index contributed by atoms with van der Waals surface area (Å²) in [5, 5.41) is 5.77. The monoisotopic (exact) mass is 446 g/mol. The van der Waals surface area contributed by atoms with Crippen molar-refractivity contribution in [2.45, 2.75) is 32.3 Å². The van der Waals surface area contributed by atoms with E-state index < -0.39 is 0 Å². The van der Waals surface area contributed by atoms with Gasteiger partial charge in [0.15, 0.2) is 5.13 Å². The Morgan fingerprint density at radius 3 is 2.84 bits per heavy atom. The molecule has 7 nitrogen and oxygen atoms in total. The maximum Gasteiger partial charge on any atom is 0.258 e. The van der Waals surface area contributed by atoms with Gasteiger partial charge >= 0.3 is 0 Å². The number of ether oxygens (including phenoxy) is 1. The fraction of sp³-hybridized carbons (Fsp3) is 0.250. The Morgan fingerprint density at radius 2 is 1.94 bits per heavy atom. The number of amides is 1. The molecule has 1 aliphatic carbocycles. The number of hydrogen-bond donors (Lipinski definition) is 2. The number of fused-ring (bicyclic) bond motifs is 2. The minimum absolute atomic E-state index is 0.0335. The molecule has 0 atom stereocenters. The number of nitrogens with one attached hydrogen (secondary N) is 2. The number of benzene rings is 2. The molecule has 8 heteroatoms. The third kappa shape index (κ3) is 4.46. The van der Waals surface area contributed by atoms with E-state index in [0.717, 1.165) is 24.1 Å². The van der Waals surface area contributed by atoms with Crippen molar-refractivity contribution >= 4 is 33.3 Å². The van der Waals surface area contributed by atoms with Gasteiger partial charge in [0.05, 0.1) is 16.6 Å². The first kappa shape index (κ1) is 20.5. The van der Waals surface area contributed by atoms with Crippen LogP contribution in [-0.4, -0.2) is 27.5 Å². The zero-order chi connectivity index (χ0) is 21.9. The molecule has 2 N–H and O–H groups in total. The number of rotatable bonds is 6. The predicted octanol–water partition coefficient (Wildman–Crippen LogP) is 4.08. The number of anilines is 1. The highest BCUT2D eigenvalue weighted by Gasteiger charge is 2.13. The number of nitrogens with zero attached hydrogens (tertiary/aromatic N) is 2. The summed E-state index contributed by atoms with van der Waals surface area (Å²) in [6.07, 6.45) is 4.76. The van der Waals surface area contributed by atoms with Crippen LogP contribution in [0.4, 0.5) is 5.13 Å². The number of aromatic nitrogens is 3. The Bertz CT molecular complexity index is 1340. The zero-order valence-corrected chi connectivity index (χ0v) is 18.2. The lowest BCUT2D eigenvalue weighted by molar-refractivity contribution is -0.121. The number of para-hydroxylation sites is 1. The maximum absolute atomic E-state index is 12.3. The van der Waals surface area contributed by atoms with Crippen molar-refractivity contribution in [2.75, 3.05) is 11.9 Å². The molecule has 5 rings (SSSR count). The van der Waals surface area contributed by atoms with Gasteiger partial charge in [0.1, 0.15) is 19.0 Å². The van der Waals surface area contributed by atoms with Crippen LogP contribution in [0.15, 0.2) is 52.6 Å². The molecule has 2 aromatic heterocycles. The summed E-state index contributed by atoms with van der Waals surface area (Å²) >= 11 is 1.38. The topological polar surface area (TPSA) is 97.0 Å². The molecule has 32 heavy (non-hydrogen) atoms. The number of carbonyl (C=O) groups is 1. The van der Waals surface area contributed by atoms with Gasteiger partial charge < -0.3 is 9.72 Å². The number of aromatic amines is 1. The van der Waals surface area contributed by atoms with Gasteiger partial charge in [-0.25, -0.2) is 9.97 Å². The fourth-order valence-corrected chi connectivity index (χ4v) is 4.69. The van der Waals surface area contributed by atoms with Crippen molar-refractivity contribution in [3.05, 3.63) is 75.1 Å². The minimum atomic E-state index is -0.306. The normalized spacial score (nSPS) is 13.1. The molecular weight excluding hydrogens is 424 g/mol. The molecule has 0 bridgehead atoms. The van der Waals surface area contributed by atoms with E-state index in [9.17, 15) is 9.59 Å². The van der Waals surface area contributed by atoms with Gasteiger partial charge in [-0.3, -0.25) is 14.9 Å². The lowest BCUT2D eigenvalue weighted by Gasteiger charge is -2.16. The summed E-state index contributed by atoms with van der Waals surface area (Å²) in [6, 6.07) is 13.6. The van der Waals surface area contributed by atoms with Crippen molar-refractivity contribution in [3.8, 4) is 11.3 Å². The second kappa shape index (κ2) is 9.02. The summed E-state index contributed by atoms with van der Waals surface area (Å²) in [7, 11) is 0. The first-order valence-corrected chi connectivity index (χ1v) is 11.5. The Kier molecular flexibility index (Phi) is 5.79. The number of carbonyl (C=O) groups excluding carboxylic acids is 1. The molecule has 0 radical (unpaired) electrons. The number of thiazole rings is 1. The van der Waals surface area contributed by atoms with Gasteiger partial charge in [0.25, 0.3) is 11.5 Å². The van der Waals surface area contributed by atoms with E-state index in [1.54, 1.807) is 18.2 Å². The maximum atomic E-state index is 12.3. The highest BCUT2D eigenvalue weighted by molar-refractivity contribution is 7.14. The van der Waals surface area contributed by atoms with Crippen molar-refractivity contribution < 1.29 is 9.53 Å². The number of hydrogen-bond acceptors (Lipinski definition) is 6. The molecule has 0 saturated carbocycles. The zero-order valence-electron chi connectivity index (χ0n) is 17.4. The smallest absolute Gasteiger partial charge is 0.258 e. The molecule has 2 aromatic carbocycles. The number of aryl methyl sites for hydroxylation is 2. The molecule has 0 unspecified atom stereocenters. The Balaban J connectivity index is 1.18. The molecular formula is C24H22N4O3S. The predicted molar refractivity (Wildman–Crippen MR) is 125 cm³/mol. The van der Waals surface area contributed by atoms with Crippen LogP contribution in [0.1, 0.15) is 29.8 Å². The van der Waals surface area contributed by atoms with Gasteiger partial charge in [0, 0.05) is 10.9 Å². The molecule has 162 valence electrons. The molecule has 0 aliphatic heterocycles. The lowest BCUT2D eigenvalue weighted by atomic mass is 9.90. The highest BCUT2D eigenvalue weighted by Crippen LogP contribution is 2.29. The van der Waals surface area contributed by atoms with Crippen LogP contribution in [0, 0.1) is 0 Å². The van der Waals surface area contributed by atoms with E-state index >= 15 is 0 Å². The molecule has 0 spiro atoms. The standard InChI is InChI=1S/C24H22N4O3S/c29-22(13-31-12-21-25-19-8-4-3-7-18(19)23(30)27-21)28-24-26-20(14-32-24)17-10-9-15-5-1-2-6-16(15)11-17/h3-4,7-11,14H,1-2,5-6,12-13H2,(H,25,27,30)(H,26,28,29).